The quantitative estimate of drug-likeness (QED) is 0.499. The summed E-state index contributed by atoms with van der Waals surface area (Å²) in [6.45, 7) is 1.21. The van der Waals surface area contributed by atoms with E-state index in [0.717, 1.165) is 31.2 Å². The Bertz CT molecular complexity index is 1250. The predicted molar refractivity (Wildman–Crippen MR) is 141 cm³/mol. The number of Topliss-reactive ketones (excluding diaryl/α,β-unsaturated/α-hetero) is 1. The topological polar surface area (TPSA) is 66.5 Å². The fourth-order valence-corrected chi connectivity index (χ4v) is 5.83. The van der Waals surface area contributed by atoms with Gasteiger partial charge in [0.2, 0.25) is 11.8 Å². The van der Waals surface area contributed by atoms with E-state index in [0.29, 0.717) is 38.8 Å². The average molecular weight is 483 g/mol. The number of piperidine rings is 1. The molecule has 5 heteroatoms. The molecule has 0 aliphatic carbocycles. The van der Waals surface area contributed by atoms with Crippen LogP contribution in [0, 0.1) is 5.92 Å². The molecule has 2 atom stereocenters. The van der Waals surface area contributed by atoms with Crippen LogP contribution >= 0.6 is 0 Å². The molecule has 0 bridgehead atoms. The molecule has 2 aliphatic heterocycles. The van der Waals surface area contributed by atoms with Crippen LogP contribution in [-0.2, 0) is 27.2 Å². The zero-order valence-corrected chi connectivity index (χ0v) is 20.7. The molecule has 0 aromatic heterocycles. The maximum Gasteiger partial charge on any atom is 0.222 e. The number of ketones is 1. The van der Waals surface area contributed by atoms with Gasteiger partial charge in [-0.15, -0.1) is 0 Å². The fraction of sp³-hybridized carbons (Fsp3) is 0.387. The van der Waals surface area contributed by atoms with E-state index in [1.807, 2.05) is 47.4 Å². The molecule has 2 amide bonds. The summed E-state index contributed by atoms with van der Waals surface area (Å²) in [4.78, 5) is 40.2. The van der Waals surface area contributed by atoms with Crippen molar-refractivity contribution in [1.82, 2.24) is 10.2 Å². The third-order valence-electron chi connectivity index (χ3n) is 7.86. The maximum absolute atomic E-state index is 13.2. The molecule has 2 aliphatic rings. The molecular formula is C31H34N2O3. The van der Waals surface area contributed by atoms with E-state index in [1.54, 1.807) is 0 Å². The van der Waals surface area contributed by atoms with Crippen molar-refractivity contribution < 1.29 is 14.4 Å². The van der Waals surface area contributed by atoms with E-state index in [4.69, 9.17) is 0 Å². The highest BCUT2D eigenvalue weighted by Gasteiger charge is 2.38. The van der Waals surface area contributed by atoms with Crippen LogP contribution in [-0.4, -0.2) is 41.1 Å². The Balaban J connectivity index is 1.21. The molecular weight excluding hydrogens is 448 g/mol. The van der Waals surface area contributed by atoms with Crippen molar-refractivity contribution in [3.8, 4) is 0 Å². The number of carbonyl (C=O) groups excluding carboxylic acids is 3. The van der Waals surface area contributed by atoms with Crippen LogP contribution in [0.4, 0.5) is 0 Å². The largest absolute Gasteiger partial charge is 0.350 e. The van der Waals surface area contributed by atoms with Gasteiger partial charge in [0.1, 0.15) is 5.78 Å². The van der Waals surface area contributed by atoms with E-state index in [9.17, 15) is 14.4 Å². The van der Waals surface area contributed by atoms with Crippen molar-refractivity contribution in [2.75, 3.05) is 13.1 Å². The minimum atomic E-state index is -0.395. The van der Waals surface area contributed by atoms with Crippen LogP contribution in [0.1, 0.15) is 49.7 Å². The van der Waals surface area contributed by atoms with Crippen molar-refractivity contribution in [2.24, 2.45) is 5.92 Å². The highest BCUT2D eigenvalue weighted by molar-refractivity contribution is 5.85. The molecule has 2 heterocycles. The molecule has 3 aromatic rings. The predicted octanol–water partition coefficient (Wildman–Crippen LogP) is 4.86. The third-order valence-corrected chi connectivity index (χ3v) is 7.86. The number of nitrogens with zero attached hydrogens (tertiary/aromatic N) is 1. The number of hydrogen-bond acceptors (Lipinski definition) is 3. The monoisotopic (exact) mass is 482 g/mol. The summed E-state index contributed by atoms with van der Waals surface area (Å²) >= 11 is 0. The normalized spacial score (nSPS) is 21.9. The Labute approximate surface area is 212 Å². The second kappa shape index (κ2) is 10.7. The number of carbonyl (C=O) groups is 3. The highest BCUT2D eigenvalue weighted by atomic mass is 16.2. The van der Waals surface area contributed by atoms with Gasteiger partial charge in [-0.25, -0.2) is 0 Å². The Morgan fingerprint density at radius 3 is 2.50 bits per heavy atom. The van der Waals surface area contributed by atoms with Crippen LogP contribution in [0.15, 0.2) is 72.8 Å². The van der Waals surface area contributed by atoms with Crippen LogP contribution < -0.4 is 5.32 Å². The number of likely N-dealkylation sites (tertiary alicyclic amines) is 1. The molecule has 0 radical (unpaired) electrons. The molecule has 3 aromatic carbocycles. The Hall–Kier alpha value is -3.47. The molecule has 186 valence electrons. The van der Waals surface area contributed by atoms with E-state index >= 15 is 0 Å². The molecule has 5 nitrogen and oxygen atoms in total. The average Bonchev–Trinajstić information content (AvgIpc) is 3.28. The number of nitrogens with one attached hydrogen (secondary N) is 1. The van der Waals surface area contributed by atoms with Crippen molar-refractivity contribution >= 4 is 28.4 Å². The van der Waals surface area contributed by atoms with Crippen molar-refractivity contribution in [1.29, 1.82) is 0 Å². The minimum absolute atomic E-state index is 0.0628. The maximum atomic E-state index is 13.2. The Kier molecular flexibility index (Phi) is 7.17. The lowest BCUT2D eigenvalue weighted by atomic mass is 9.84. The zero-order chi connectivity index (χ0) is 25.0. The van der Waals surface area contributed by atoms with E-state index < -0.39 is 5.54 Å². The van der Waals surface area contributed by atoms with Gasteiger partial charge < -0.3 is 10.2 Å². The lowest BCUT2D eigenvalue weighted by Crippen LogP contribution is -2.46. The third kappa shape index (κ3) is 5.67. The zero-order valence-electron chi connectivity index (χ0n) is 20.7. The first-order valence-corrected chi connectivity index (χ1v) is 13.1. The van der Waals surface area contributed by atoms with Gasteiger partial charge in [0.05, 0.1) is 0 Å². The summed E-state index contributed by atoms with van der Waals surface area (Å²) in [6, 6.07) is 24.5. The smallest absolute Gasteiger partial charge is 0.222 e. The lowest BCUT2D eigenvalue weighted by Gasteiger charge is -2.34. The van der Waals surface area contributed by atoms with Gasteiger partial charge in [0.25, 0.3) is 0 Å². The van der Waals surface area contributed by atoms with Gasteiger partial charge in [-0.3, -0.25) is 14.4 Å². The summed E-state index contributed by atoms with van der Waals surface area (Å²) in [6.07, 6.45) is 5.08. The first kappa shape index (κ1) is 24.2. The molecule has 2 fully saturated rings. The van der Waals surface area contributed by atoms with Gasteiger partial charge in [0, 0.05) is 43.8 Å². The summed E-state index contributed by atoms with van der Waals surface area (Å²) in [7, 11) is 0. The molecule has 5 rings (SSSR count). The molecule has 0 unspecified atom stereocenters. The summed E-state index contributed by atoms with van der Waals surface area (Å²) in [5, 5.41) is 5.59. The van der Waals surface area contributed by atoms with E-state index in [-0.39, 0.29) is 23.5 Å². The number of hydrogen-bond donors (Lipinski definition) is 1. The molecule has 2 saturated heterocycles. The number of amides is 2. The van der Waals surface area contributed by atoms with Gasteiger partial charge in [-0.2, -0.15) is 0 Å². The lowest BCUT2D eigenvalue weighted by molar-refractivity contribution is -0.135. The van der Waals surface area contributed by atoms with Crippen LogP contribution in [0.2, 0.25) is 0 Å². The van der Waals surface area contributed by atoms with Crippen LogP contribution in [0.5, 0.6) is 0 Å². The van der Waals surface area contributed by atoms with Gasteiger partial charge in [0.15, 0.2) is 0 Å². The molecule has 1 N–H and O–H groups in total. The van der Waals surface area contributed by atoms with E-state index in [2.05, 4.69) is 35.6 Å². The summed E-state index contributed by atoms with van der Waals surface area (Å²) in [5.41, 5.74) is 1.81. The van der Waals surface area contributed by atoms with Gasteiger partial charge in [-0.05, 0) is 54.0 Å². The van der Waals surface area contributed by atoms with Crippen LogP contribution in [0.25, 0.3) is 10.8 Å². The minimum Gasteiger partial charge on any atom is -0.350 e. The van der Waals surface area contributed by atoms with Gasteiger partial charge >= 0.3 is 0 Å². The molecule has 0 spiro atoms. The summed E-state index contributed by atoms with van der Waals surface area (Å²) in [5.74, 6) is 0.272. The van der Waals surface area contributed by atoms with Crippen LogP contribution in [0.3, 0.4) is 0 Å². The van der Waals surface area contributed by atoms with Gasteiger partial charge in [-0.1, -0.05) is 72.8 Å². The second-order valence-electron chi connectivity index (χ2n) is 10.5. The van der Waals surface area contributed by atoms with Crippen molar-refractivity contribution in [3.63, 3.8) is 0 Å². The van der Waals surface area contributed by atoms with E-state index in [1.165, 1.54) is 16.3 Å². The molecule has 36 heavy (non-hydrogen) atoms. The SMILES string of the molecule is O=C1CC[C@@](CCC(=O)N2CCC[C@@H](C(=O)Cc3ccccc3)C2)(Cc2ccc3ccccc3c2)N1. The first-order valence-electron chi connectivity index (χ1n) is 13.1. The fourth-order valence-electron chi connectivity index (χ4n) is 5.83. The van der Waals surface area contributed by atoms with Crippen molar-refractivity contribution in [2.45, 2.75) is 56.9 Å². The Morgan fingerprint density at radius 1 is 0.944 bits per heavy atom. The number of fused-ring (bicyclic) bond motifs is 1. The Morgan fingerprint density at radius 2 is 1.72 bits per heavy atom. The number of benzene rings is 3. The highest BCUT2D eigenvalue weighted by Crippen LogP contribution is 2.31. The second-order valence-corrected chi connectivity index (χ2v) is 10.5. The first-order chi connectivity index (χ1) is 17.5. The standard InChI is InChI=1S/C31H34N2O3/c34-28(20-23-7-2-1-3-8-23)27-11-6-18-33(22-27)30(36)15-17-31(16-14-29(35)32-31)21-24-12-13-25-9-4-5-10-26(25)19-24/h1-5,7-10,12-13,19,27H,6,11,14-18,20-22H2,(H,32,35)/t27-,31-/m1/s1. The summed E-state index contributed by atoms with van der Waals surface area (Å²) < 4.78 is 0. The van der Waals surface area contributed by atoms with Crippen molar-refractivity contribution in [3.05, 3.63) is 83.9 Å². The molecule has 0 saturated carbocycles. The number of rotatable bonds is 8.